The Morgan fingerprint density at radius 3 is 2.11 bits per heavy atom. The van der Waals surface area contributed by atoms with Crippen LogP contribution in [0.1, 0.15) is 17.3 Å². The van der Waals surface area contributed by atoms with E-state index < -0.39 is 21.9 Å². The van der Waals surface area contributed by atoms with Crippen LogP contribution in [0.2, 0.25) is 0 Å². The molecule has 0 bridgehead atoms. The molecule has 0 saturated heterocycles. The third-order valence-corrected chi connectivity index (χ3v) is 5.89. The molecule has 0 aromatic heterocycles. The number of nitrogens with one attached hydrogen (secondary N) is 1. The van der Waals surface area contributed by atoms with Gasteiger partial charge in [0.2, 0.25) is 15.9 Å². The minimum absolute atomic E-state index is 0.0744. The van der Waals surface area contributed by atoms with Crippen LogP contribution >= 0.6 is 0 Å². The number of amides is 1. The molecule has 0 radical (unpaired) electrons. The van der Waals surface area contributed by atoms with E-state index in [9.17, 15) is 18.0 Å². The summed E-state index contributed by atoms with van der Waals surface area (Å²) in [4.78, 5) is 23.8. The lowest BCUT2D eigenvalue weighted by molar-refractivity contribution is -0.116. The number of esters is 1. The molecule has 9 heteroatoms. The maximum Gasteiger partial charge on any atom is 0.337 e. The van der Waals surface area contributed by atoms with Crippen LogP contribution in [0.25, 0.3) is 0 Å². The van der Waals surface area contributed by atoms with Crippen molar-refractivity contribution < 1.29 is 27.5 Å². The molecule has 0 spiro atoms. The SMILES string of the molecule is CCN(CC(=O)Nc1ccc(C(=O)OC)cc1)S(=O)(=O)c1ccc(OC)cc1. The van der Waals surface area contributed by atoms with E-state index in [4.69, 9.17) is 4.74 Å². The zero-order valence-electron chi connectivity index (χ0n) is 15.8. The van der Waals surface area contributed by atoms with Crippen LogP contribution in [-0.2, 0) is 19.6 Å². The van der Waals surface area contributed by atoms with Crippen LogP contribution in [0, 0.1) is 0 Å². The maximum atomic E-state index is 12.8. The second-order valence-electron chi connectivity index (χ2n) is 5.72. The van der Waals surface area contributed by atoms with Gasteiger partial charge < -0.3 is 14.8 Å². The van der Waals surface area contributed by atoms with E-state index in [-0.39, 0.29) is 18.0 Å². The number of benzene rings is 2. The van der Waals surface area contributed by atoms with Crippen molar-refractivity contribution in [1.29, 1.82) is 0 Å². The zero-order valence-corrected chi connectivity index (χ0v) is 16.7. The topological polar surface area (TPSA) is 102 Å². The molecule has 0 aliphatic carbocycles. The van der Waals surface area contributed by atoms with Gasteiger partial charge in [0.15, 0.2) is 0 Å². The Morgan fingerprint density at radius 1 is 1.00 bits per heavy atom. The molecule has 0 aliphatic heterocycles. The molecule has 1 amide bonds. The Morgan fingerprint density at radius 2 is 1.61 bits per heavy atom. The Bertz CT molecular complexity index is 924. The number of carbonyl (C=O) groups is 2. The van der Waals surface area contributed by atoms with Crippen LogP contribution < -0.4 is 10.1 Å². The van der Waals surface area contributed by atoms with Crippen molar-refractivity contribution >= 4 is 27.6 Å². The van der Waals surface area contributed by atoms with Gasteiger partial charge >= 0.3 is 5.97 Å². The molecule has 1 N–H and O–H groups in total. The molecular weight excluding hydrogens is 384 g/mol. The summed E-state index contributed by atoms with van der Waals surface area (Å²) < 4.78 is 36.2. The lowest BCUT2D eigenvalue weighted by atomic mass is 10.2. The van der Waals surface area contributed by atoms with E-state index in [1.807, 2.05) is 0 Å². The van der Waals surface area contributed by atoms with Crippen molar-refractivity contribution in [3.63, 3.8) is 0 Å². The summed E-state index contributed by atoms with van der Waals surface area (Å²) in [5.74, 6) is -0.444. The summed E-state index contributed by atoms with van der Waals surface area (Å²) in [6, 6.07) is 12.0. The van der Waals surface area contributed by atoms with Gasteiger partial charge in [-0.05, 0) is 48.5 Å². The molecule has 0 atom stereocenters. The van der Waals surface area contributed by atoms with Gasteiger partial charge in [0.05, 0.1) is 31.2 Å². The minimum Gasteiger partial charge on any atom is -0.497 e. The number of anilines is 1. The van der Waals surface area contributed by atoms with Gasteiger partial charge in [-0.15, -0.1) is 0 Å². The second kappa shape index (κ2) is 9.34. The third-order valence-electron chi connectivity index (χ3n) is 3.96. The maximum absolute atomic E-state index is 12.8. The molecule has 0 unspecified atom stereocenters. The predicted octanol–water partition coefficient (Wildman–Crippen LogP) is 2.13. The van der Waals surface area contributed by atoms with Crippen LogP contribution in [0.15, 0.2) is 53.4 Å². The number of nitrogens with zero attached hydrogens (tertiary/aromatic N) is 1. The monoisotopic (exact) mass is 406 g/mol. The van der Waals surface area contributed by atoms with E-state index >= 15 is 0 Å². The fourth-order valence-electron chi connectivity index (χ4n) is 2.43. The fourth-order valence-corrected chi connectivity index (χ4v) is 3.84. The lowest BCUT2D eigenvalue weighted by Crippen LogP contribution is -2.37. The number of ether oxygens (including phenoxy) is 2. The first-order valence-corrected chi connectivity index (χ1v) is 9.88. The molecule has 2 aromatic rings. The number of likely N-dealkylation sites (N-methyl/N-ethyl adjacent to an activating group) is 1. The highest BCUT2D eigenvalue weighted by atomic mass is 32.2. The summed E-state index contributed by atoms with van der Waals surface area (Å²) >= 11 is 0. The summed E-state index contributed by atoms with van der Waals surface area (Å²) in [6.07, 6.45) is 0. The standard InChI is InChI=1S/C19H22N2O6S/c1-4-21(28(24,25)17-11-9-16(26-2)10-12-17)13-18(22)20-15-7-5-14(6-8-15)19(23)27-3/h5-12H,4,13H2,1-3H3,(H,20,22). The highest BCUT2D eigenvalue weighted by Crippen LogP contribution is 2.19. The van der Waals surface area contributed by atoms with Crippen LogP contribution in [0.3, 0.4) is 0 Å². The molecule has 0 heterocycles. The smallest absolute Gasteiger partial charge is 0.337 e. The molecule has 150 valence electrons. The molecule has 0 aliphatic rings. The molecule has 0 fully saturated rings. The van der Waals surface area contributed by atoms with Gasteiger partial charge in [0, 0.05) is 12.2 Å². The highest BCUT2D eigenvalue weighted by molar-refractivity contribution is 7.89. The van der Waals surface area contributed by atoms with Crippen molar-refractivity contribution in [2.45, 2.75) is 11.8 Å². The van der Waals surface area contributed by atoms with E-state index in [0.29, 0.717) is 17.0 Å². The molecular formula is C19H22N2O6S. The van der Waals surface area contributed by atoms with Crippen molar-refractivity contribution in [2.75, 3.05) is 32.6 Å². The number of hydrogen-bond donors (Lipinski definition) is 1. The Labute approximate surface area is 164 Å². The largest absolute Gasteiger partial charge is 0.497 e. The number of methoxy groups -OCH3 is 2. The summed E-state index contributed by atoms with van der Waals surface area (Å²) in [7, 11) is -1.06. The number of rotatable bonds is 8. The van der Waals surface area contributed by atoms with Crippen molar-refractivity contribution in [1.82, 2.24) is 4.31 Å². The van der Waals surface area contributed by atoms with Gasteiger partial charge in [-0.1, -0.05) is 6.92 Å². The Balaban J connectivity index is 2.08. The first kappa shape index (κ1) is 21.4. The molecule has 28 heavy (non-hydrogen) atoms. The Hall–Kier alpha value is -2.91. The minimum atomic E-state index is -3.83. The number of hydrogen-bond acceptors (Lipinski definition) is 6. The van der Waals surface area contributed by atoms with Gasteiger partial charge in [-0.2, -0.15) is 4.31 Å². The van der Waals surface area contributed by atoms with Crippen molar-refractivity contribution in [3.8, 4) is 5.75 Å². The Kier molecular flexibility index (Phi) is 7.13. The molecule has 0 saturated carbocycles. The van der Waals surface area contributed by atoms with Gasteiger partial charge in [0.1, 0.15) is 5.75 Å². The fraction of sp³-hybridized carbons (Fsp3) is 0.263. The zero-order chi connectivity index (χ0) is 20.7. The lowest BCUT2D eigenvalue weighted by Gasteiger charge is -2.20. The van der Waals surface area contributed by atoms with Gasteiger partial charge in [0.25, 0.3) is 0 Å². The quantitative estimate of drug-likeness (QED) is 0.674. The first-order chi connectivity index (χ1) is 13.3. The summed E-state index contributed by atoms with van der Waals surface area (Å²) in [5, 5.41) is 2.62. The number of sulfonamides is 1. The van der Waals surface area contributed by atoms with Crippen LogP contribution in [0.5, 0.6) is 5.75 Å². The van der Waals surface area contributed by atoms with Crippen LogP contribution in [-0.4, -0.2) is 51.9 Å². The second-order valence-corrected chi connectivity index (χ2v) is 7.66. The van der Waals surface area contributed by atoms with Crippen molar-refractivity contribution in [3.05, 3.63) is 54.1 Å². The average Bonchev–Trinajstić information content (AvgIpc) is 2.71. The summed E-state index contributed by atoms with van der Waals surface area (Å²) in [5.41, 5.74) is 0.785. The first-order valence-electron chi connectivity index (χ1n) is 8.44. The van der Waals surface area contributed by atoms with Gasteiger partial charge in [-0.3, -0.25) is 4.79 Å². The van der Waals surface area contributed by atoms with E-state index in [1.165, 1.54) is 38.5 Å². The van der Waals surface area contributed by atoms with E-state index in [2.05, 4.69) is 10.1 Å². The predicted molar refractivity (Wildman–Crippen MR) is 104 cm³/mol. The van der Waals surface area contributed by atoms with E-state index in [1.54, 1.807) is 31.2 Å². The van der Waals surface area contributed by atoms with Gasteiger partial charge in [-0.25, -0.2) is 13.2 Å². The molecule has 2 aromatic carbocycles. The van der Waals surface area contributed by atoms with Crippen LogP contribution in [0.4, 0.5) is 5.69 Å². The summed E-state index contributed by atoms with van der Waals surface area (Å²) in [6.45, 7) is 1.44. The molecule has 2 rings (SSSR count). The normalized spacial score (nSPS) is 11.1. The number of carbonyl (C=O) groups excluding carboxylic acids is 2. The van der Waals surface area contributed by atoms with Crippen molar-refractivity contribution in [2.24, 2.45) is 0 Å². The van der Waals surface area contributed by atoms with E-state index in [0.717, 1.165) is 4.31 Å². The third kappa shape index (κ3) is 5.08. The highest BCUT2D eigenvalue weighted by Gasteiger charge is 2.25. The average molecular weight is 406 g/mol. The molecule has 8 nitrogen and oxygen atoms in total.